The van der Waals surface area contributed by atoms with Crippen LogP contribution in [0.2, 0.25) is 0 Å². The van der Waals surface area contributed by atoms with Gasteiger partial charge in [-0.05, 0) is 62.2 Å². The highest BCUT2D eigenvalue weighted by atomic mass is 19.1. The van der Waals surface area contributed by atoms with Crippen molar-refractivity contribution >= 4 is 33.6 Å². The van der Waals surface area contributed by atoms with E-state index in [1.807, 2.05) is 54.9 Å². The molecule has 2 fully saturated rings. The van der Waals surface area contributed by atoms with Crippen LogP contribution in [0.25, 0.3) is 22.1 Å². The van der Waals surface area contributed by atoms with E-state index in [-0.39, 0.29) is 11.5 Å². The van der Waals surface area contributed by atoms with Crippen LogP contribution in [-0.4, -0.2) is 65.8 Å². The molecule has 204 valence electrons. The molecule has 7 rings (SSSR count). The summed E-state index contributed by atoms with van der Waals surface area (Å²) in [5.74, 6) is 2.01. The molecule has 40 heavy (non-hydrogen) atoms. The fourth-order valence-electron chi connectivity index (χ4n) is 5.93. The van der Waals surface area contributed by atoms with Crippen LogP contribution in [0.4, 0.5) is 15.9 Å². The summed E-state index contributed by atoms with van der Waals surface area (Å²) < 4.78 is 28.3. The number of halogens is 1. The van der Waals surface area contributed by atoms with Gasteiger partial charge in [-0.3, -0.25) is 4.90 Å². The minimum Gasteiger partial charge on any atom is -0.461 e. The van der Waals surface area contributed by atoms with Crippen LogP contribution in [0.3, 0.4) is 0 Å². The maximum absolute atomic E-state index is 14.1. The van der Waals surface area contributed by atoms with Gasteiger partial charge in [-0.25, -0.2) is 24.3 Å². The first-order valence-electron chi connectivity index (χ1n) is 13.4. The number of alkyl halides is 1. The molecule has 5 aromatic rings. The Kier molecular flexibility index (Phi) is 5.96. The van der Waals surface area contributed by atoms with Crippen LogP contribution in [0.5, 0.6) is 17.5 Å². The summed E-state index contributed by atoms with van der Waals surface area (Å²) in [5, 5.41) is 3.35. The van der Waals surface area contributed by atoms with Crippen molar-refractivity contribution in [2.45, 2.75) is 37.9 Å². The number of ether oxygens (including phenoxy) is 2. The Morgan fingerprint density at radius 1 is 1.10 bits per heavy atom. The van der Waals surface area contributed by atoms with Gasteiger partial charge in [0, 0.05) is 31.8 Å². The lowest BCUT2D eigenvalue weighted by atomic mass is 9.95. The van der Waals surface area contributed by atoms with E-state index >= 15 is 0 Å². The van der Waals surface area contributed by atoms with Gasteiger partial charge in [-0.1, -0.05) is 0 Å². The standard InChI is InChI=1S/C29H29FN8O2/c1-18-10-20(4-7-25(18)40-21-5-6-24-22(11-21)34-17-37(24)2)35-27-26-23(32-16-33-27)13-31-28(36-26)39-15-29-8-3-9-38(29)14-19(30)12-29/h4-7,10-11,13,16-17,19H,3,8-9,12,14-15H2,1-2H3,(H,32,33,35)/t19-,29-/m1/s1. The smallest absolute Gasteiger partial charge is 0.317 e. The summed E-state index contributed by atoms with van der Waals surface area (Å²) in [6.07, 6.45) is 6.55. The molecule has 0 amide bonds. The summed E-state index contributed by atoms with van der Waals surface area (Å²) in [4.78, 5) is 24.3. The van der Waals surface area contributed by atoms with Gasteiger partial charge < -0.3 is 19.4 Å². The second-order valence-electron chi connectivity index (χ2n) is 10.7. The minimum absolute atomic E-state index is 0.235. The summed E-state index contributed by atoms with van der Waals surface area (Å²) in [6.45, 7) is 3.74. The summed E-state index contributed by atoms with van der Waals surface area (Å²) in [6, 6.07) is 11.9. The number of rotatable bonds is 7. The van der Waals surface area contributed by atoms with Crippen molar-refractivity contribution in [3.8, 4) is 17.5 Å². The number of fused-ring (bicyclic) bond motifs is 3. The molecule has 11 heteroatoms. The van der Waals surface area contributed by atoms with Crippen molar-refractivity contribution in [3.05, 3.63) is 60.8 Å². The molecular weight excluding hydrogens is 511 g/mol. The largest absolute Gasteiger partial charge is 0.461 e. The van der Waals surface area contributed by atoms with Crippen molar-refractivity contribution < 1.29 is 13.9 Å². The Hall–Kier alpha value is -4.38. The fraction of sp³-hybridized carbons (Fsp3) is 0.345. The van der Waals surface area contributed by atoms with Crippen LogP contribution in [0.15, 0.2) is 55.2 Å². The second kappa shape index (κ2) is 9.67. The number of anilines is 2. The summed E-state index contributed by atoms with van der Waals surface area (Å²) >= 11 is 0. The summed E-state index contributed by atoms with van der Waals surface area (Å²) in [7, 11) is 1.97. The van der Waals surface area contributed by atoms with E-state index in [1.54, 1.807) is 12.5 Å². The number of nitrogens with zero attached hydrogens (tertiary/aromatic N) is 7. The van der Waals surface area contributed by atoms with Crippen molar-refractivity contribution in [1.82, 2.24) is 34.4 Å². The van der Waals surface area contributed by atoms with Crippen molar-refractivity contribution in [2.24, 2.45) is 7.05 Å². The maximum atomic E-state index is 14.1. The van der Waals surface area contributed by atoms with E-state index in [9.17, 15) is 4.39 Å². The van der Waals surface area contributed by atoms with E-state index in [0.717, 1.165) is 53.2 Å². The summed E-state index contributed by atoms with van der Waals surface area (Å²) in [5.41, 5.74) is 4.58. The fourth-order valence-corrected chi connectivity index (χ4v) is 5.93. The van der Waals surface area contributed by atoms with Crippen LogP contribution in [0.1, 0.15) is 24.8 Å². The molecule has 0 radical (unpaired) electrons. The quantitative estimate of drug-likeness (QED) is 0.302. The highest BCUT2D eigenvalue weighted by Crippen LogP contribution is 2.40. The first-order chi connectivity index (χ1) is 19.5. The SMILES string of the molecule is Cc1cc(Nc2ncnc3cnc(OC[C@]45CCCN4C[C@H](F)C5)nc23)ccc1Oc1ccc2c(c1)ncn2C. The number of aromatic nitrogens is 6. The lowest BCUT2D eigenvalue weighted by Crippen LogP contribution is -2.43. The molecule has 1 N–H and O–H groups in total. The monoisotopic (exact) mass is 540 g/mol. The molecule has 0 saturated carbocycles. The zero-order chi connectivity index (χ0) is 27.3. The van der Waals surface area contributed by atoms with Gasteiger partial charge in [0.25, 0.3) is 0 Å². The normalized spacial score (nSPS) is 20.7. The third-order valence-corrected chi connectivity index (χ3v) is 7.95. The average Bonchev–Trinajstić information content (AvgIpc) is 3.60. The Labute approximate surface area is 230 Å². The first-order valence-corrected chi connectivity index (χ1v) is 13.4. The number of nitrogens with one attached hydrogen (secondary N) is 1. The number of hydrogen-bond acceptors (Lipinski definition) is 9. The lowest BCUT2D eigenvalue weighted by molar-refractivity contribution is 0.107. The van der Waals surface area contributed by atoms with Gasteiger partial charge >= 0.3 is 6.01 Å². The minimum atomic E-state index is -0.810. The molecule has 2 aliphatic rings. The zero-order valence-electron chi connectivity index (χ0n) is 22.3. The Morgan fingerprint density at radius 2 is 2.02 bits per heavy atom. The molecule has 3 aromatic heterocycles. The van der Waals surface area contributed by atoms with Crippen LogP contribution >= 0.6 is 0 Å². The van der Waals surface area contributed by atoms with Gasteiger partial charge in [0.1, 0.15) is 41.6 Å². The van der Waals surface area contributed by atoms with Crippen molar-refractivity contribution in [1.29, 1.82) is 0 Å². The molecule has 2 saturated heterocycles. The number of benzene rings is 2. The molecule has 2 aliphatic heterocycles. The van der Waals surface area contributed by atoms with Crippen LogP contribution < -0.4 is 14.8 Å². The molecule has 5 heterocycles. The van der Waals surface area contributed by atoms with E-state index in [2.05, 4.69) is 35.1 Å². The van der Waals surface area contributed by atoms with E-state index in [1.165, 1.54) is 6.33 Å². The first kappa shape index (κ1) is 24.6. The predicted molar refractivity (Wildman–Crippen MR) is 149 cm³/mol. The van der Waals surface area contributed by atoms with E-state index < -0.39 is 6.17 Å². The van der Waals surface area contributed by atoms with Crippen molar-refractivity contribution in [3.63, 3.8) is 0 Å². The maximum Gasteiger partial charge on any atom is 0.317 e. The van der Waals surface area contributed by atoms with Crippen LogP contribution in [-0.2, 0) is 7.05 Å². The third kappa shape index (κ3) is 4.45. The second-order valence-corrected chi connectivity index (χ2v) is 10.7. The van der Waals surface area contributed by atoms with Crippen LogP contribution in [0, 0.1) is 6.92 Å². The zero-order valence-corrected chi connectivity index (χ0v) is 22.3. The molecule has 2 atom stereocenters. The Bertz CT molecular complexity index is 1730. The topological polar surface area (TPSA) is 103 Å². The Morgan fingerprint density at radius 3 is 2.92 bits per heavy atom. The highest BCUT2D eigenvalue weighted by Gasteiger charge is 2.49. The van der Waals surface area contributed by atoms with Gasteiger partial charge in [-0.15, -0.1) is 0 Å². The van der Waals surface area contributed by atoms with Gasteiger partial charge in [0.05, 0.1) is 29.1 Å². The lowest BCUT2D eigenvalue weighted by Gasteiger charge is -2.30. The highest BCUT2D eigenvalue weighted by molar-refractivity contribution is 5.86. The van der Waals surface area contributed by atoms with Gasteiger partial charge in [-0.2, -0.15) is 4.98 Å². The number of aryl methyl sites for hydroxylation is 2. The van der Waals surface area contributed by atoms with Gasteiger partial charge in [0.2, 0.25) is 0 Å². The average molecular weight is 541 g/mol. The molecule has 0 unspecified atom stereocenters. The number of imidazole rings is 1. The molecule has 10 nitrogen and oxygen atoms in total. The molecule has 0 spiro atoms. The molecule has 0 bridgehead atoms. The van der Waals surface area contributed by atoms with E-state index in [4.69, 9.17) is 9.47 Å². The van der Waals surface area contributed by atoms with Gasteiger partial charge in [0.15, 0.2) is 5.82 Å². The molecular formula is C29H29FN8O2. The third-order valence-electron chi connectivity index (χ3n) is 7.95. The van der Waals surface area contributed by atoms with Crippen molar-refractivity contribution in [2.75, 3.05) is 25.0 Å². The predicted octanol–water partition coefficient (Wildman–Crippen LogP) is 5.11. The number of hydrogen-bond donors (Lipinski definition) is 1. The van der Waals surface area contributed by atoms with E-state index in [0.29, 0.717) is 36.4 Å². The molecule has 2 aromatic carbocycles. The molecule has 0 aliphatic carbocycles. The Balaban J connectivity index is 1.09.